The third-order valence-corrected chi connectivity index (χ3v) is 6.44. The summed E-state index contributed by atoms with van der Waals surface area (Å²) in [5, 5.41) is 9.32. The number of hydrogen-bond acceptors (Lipinski definition) is 4. The molecule has 0 radical (unpaired) electrons. The highest BCUT2D eigenvalue weighted by Crippen LogP contribution is 2.35. The predicted octanol–water partition coefficient (Wildman–Crippen LogP) is 2.40. The van der Waals surface area contributed by atoms with Gasteiger partial charge in [-0.05, 0) is 30.9 Å². The minimum atomic E-state index is -3.87. The lowest BCUT2D eigenvalue weighted by atomic mass is 9.74. The molecule has 0 heterocycles. The molecule has 1 aromatic rings. The Hall–Kier alpha value is -1.13. The number of nitriles is 1. The monoisotopic (exact) mass is 341 g/mol. The van der Waals surface area contributed by atoms with Gasteiger partial charge in [0.2, 0.25) is 10.0 Å². The third-order valence-electron chi connectivity index (χ3n) is 4.53. The zero-order valence-electron chi connectivity index (χ0n) is 12.5. The number of benzene rings is 1. The molecule has 22 heavy (non-hydrogen) atoms. The Balaban J connectivity index is 2.44. The molecule has 1 aromatic carbocycles. The van der Waals surface area contributed by atoms with E-state index in [2.05, 4.69) is 4.72 Å². The Kier molecular flexibility index (Phi) is 5.13. The molecule has 0 amide bonds. The number of nitrogens with two attached hydrogens (primary N) is 1. The molecule has 0 aliphatic heterocycles. The zero-order chi connectivity index (χ0) is 16.4. The Labute approximate surface area is 136 Å². The molecule has 5 nitrogen and oxygen atoms in total. The van der Waals surface area contributed by atoms with Crippen LogP contribution in [-0.4, -0.2) is 20.5 Å². The number of sulfonamides is 1. The van der Waals surface area contributed by atoms with Crippen molar-refractivity contribution in [2.75, 3.05) is 6.54 Å². The number of hydrogen-bond donors (Lipinski definition) is 2. The van der Waals surface area contributed by atoms with Gasteiger partial charge >= 0.3 is 0 Å². The van der Waals surface area contributed by atoms with Crippen molar-refractivity contribution in [1.29, 1.82) is 5.26 Å². The summed E-state index contributed by atoms with van der Waals surface area (Å²) in [5.74, 6) is 0.144. The summed E-state index contributed by atoms with van der Waals surface area (Å²) in [4.78, 5) is -0.0897. The van der Waals surface area contributed by atoms with Crippen LogP contribution in [0.15, 0.2) is 23.1 Å². The lowest BCUT2D eigenvalue weighted by Crippen LogP contribution is -2.59. The van der Waals surface area contributed by atoms with Gasteiger partial charge in [0.1, 0.15) is 11.0 Å². The molecule has 3 N–H and O–H groups in total. The third kappa shape index (κ3) is 3.13. The average Bonchev–Trinajstić information content (AvgIpc) is 2.49. The van der Waals surface area contributed by atoms with Crippen molar-refractivity contribution < 1.29 is 8.42 Å². The molecule has 1 aliphatic carbocycles. The molecule has 2 unspecified atom stereocenters. The normalized spacial score (nSPS) is 25.6. The van der Waals surface area contributed by atoms with Crippen molar-refractivity contribution in [2.45, 2.75) is 43.0 Å². The molecular formula is C15H20ClN3O2S. The maximum atomic E-state index is 12.8. The summed E-state index contributed by atoms with van der Waals surface area (Å²) < 4.78 is 28.3. The van der Waals surface area contributed by atoms with Crippen LogP contribution >= 0.6 is 11.6 Å². The van der Waals surface area contributed by atoms with E-state index in [-0.39, 0.29) is 27.9 Å². The van der Waals surface area contributed by atoms with E-state index < -0.39 is 15.6 Å². The number of rotatable bonds is 4. The van der Waals surface area contributed by atoms with Crippen LogP contribution < -0.4 is 10.5 Å². The van der Waals surface area contributed by atoms with Crippen molar-refractivity contribution >= 4 is 21.6 Å². The molecular weight excluding hydrogens is 322 g/mol. The van der Waals surface area contributed by atoms with Gasteiger partial charge in [0.15, 0.2) is 0 Å². The molecule has 0 aromatic heterocycles. The molecule has 0 spiro atoms. The van der Waals surface area contributed by atoms with Crippen molar-refractivity contribution in [3.63, 3.8) is 0 Å². The number of halogens is 1. The maximum absolute atomic E-state index is 12.8. The smallest absolute Gasteiger partial charge is 0.242 e. The number of nitrogens with one attached hydrogen (secondary N) is 1. The number of nitrogens with zero attached hydrogens (tertiary/aromatic N) is 1. The summed E-state index contributed by atoms with van der Waals surface area (Å²) in [6, 6.07) is 6.29. The summed E-state index contributed by atoms with van der Waals surface area (Å²) in [7, 11) is -3.87. The first-order valence-corrected chi connectivity index (χ1v) is 9.15. The fourth-order valence-corrected chi connectivity index (χ4v) is 5.06. The van der Waals surface area contributed by atoms with Crippen LogP contribution in [0.1, 0.15) is 38.2 Å². The second-order valence-electron chi connectivity index (χ2n) is 5.84. The van der Waals surface area contributed by atoms with Crippen LogP contribution in [-0.2, 0) is 10.0 Å². The Morgan fingerprint density at radius 2 is 2.23 bits per heavy atom. The first kappa shape index (κ1) is 17.2. The summed E-state index contributed by atoms with van der Waals surface area (Å²) in [6.45, 7) is 2.24. The van der Waals surface area contributed by atoms with Gasteiger partial charge in [-0.25, -0.2) is 13.1 Å². The van der Waals surface area contributed by atoms with Crippen molar-refractivity contribution in [3.8, 4) is 6.07 Å². The Bertz CT molecular complexity index is 699. The second-order valence-corrected chi connectivity index (χ2v) is 7.90. The van der Waals surface area contributed by atoms with Gasteiger partial charge in [0.25, 0.3) is 0 Å². The summed E-state index contributed by atoms with van der Waals surface area (Å²) in [5.41, 5.74) is 5.20. The molecule has 1 saturated carbocycles. The zero-order valence-corrected chi connectivity index (χ0v) is 14.0. The van der Waals surface area contributed by atoms with E-state index >= 15 is 0 Å². The fraction of sp³-hybridized carbons (Fsp3) is 0.533. The molecule has 7 heteroatoms. The fourth-order valence-electron chi connectivity index (χ4n) is 3.07. The van der Waals surface area contributed by atoms with E-state index in [4.69, 9.17) is 17.3 Å². The summed E-state index contributed by atoms with van der Waals surface area (Å²) >= 11 is 5.94. The van der Waals surface area contributed by atoms with Crippen LogP contribution in [0.5, 0.6) is 0 Å². The van der Waals surface area contributed by atoms with E-state index in [9.17, 15) is 13.7 Å². The van der Waals surface area contributed by atoms with E-state index in [0.717, 1.165) is 19.3 Å². The van der Waals surface area contributed by atoms with Gasteiger partial charge in [-0.15, -0.1) is 0 Å². The largest absolute Gasteiger partial charge is 0.329 e. The van der Waals surface area contributed by atoms with Gasteiger partial charge in [0, 0.05) is 12.1 Å². The average molecular weight is 342 g/mol. The van der Waals surface area contributed by atoms with Crippen LogP contribution in [0.3, 0.4) is 0 Å². The quantitative estimate of drug-likeness (QED) is 0.878. The van der Waals surface area contributed by atoms with Crippen molar-refractivity contribution in [1.82, 2.24) is 4.72 Å². The lowest BCUT2D eigenvalue weighted by Gasteiger charge is -2.42. The SMILES string of the molecule is CC1CCCCC1(CN)NS(=O)(=O)c1cccc(Cl)c1C#N. The highest BCUT2D eigenvalue weighted by Gasteiger charge is 2.41. The Morgan fingerprint density at radius 3 is 2.82 bits per heavy atom. The van der Waals surface area contributed by atoms with Gasteiger partial charge < -0.3 is 5.73 Å². The molecule has 2 rings (SSSR count). The lowest BCUT2D eigenvalue weighted by molar-refractivity contribution is 0.191. The molecule has 0 bridgehead atoms. The van der Waals surface area contributed by atoms with E-state index in [1.165, 1.54) is 18.2 Å². The van der Waals surface area contributed by atoms with Crippen LogP contribution in [0.25, 0.3) is 0 Å². The standard InChI is InChI=1S/C15H20ClN3O2S/c1-11-5-2-3-8-15(11,10-18)19-22(20,21)14-7-4-6-13(16)12(14)9-17/h4,6-7,11,19H,2-3,5,8,10,18H2,1H3. The molecule has 1 aliphatic rings. The van der Waals surface area contributed by atoms with E-state index in [0.29, 0.717) is 6.42 Å². The van der Waals surface area contributed by atoms with Gasteiger partial charge in [-0.3, -0.25) is 0 Å². The highest BCUT2D eigenvalue weighted by atomic mass is 35.5. The topological polar surface area (TPSA) is 96.0 Å². The van der Waals surface area contributed by atoms with Crippen LogP contribution in [0, 0.1) is 17.2 Å². The first-order valence-electron chi connectivity index (χ1n) is 7.29. The van der Waals surface area contributed by atoms with Crippen molar-refractivity contribution in [2.24, 2.45) is 11.7 Å². The first-order chi connectivity index (χ1) is 10.4. The molecule has 0 saturated heterocycles. The van der Waals surface area contributed by atoms with Crippen LogP contribution in [0.2, 0.25) is 5.02 Å². The summed E-state index contributed by atoms with van der Waals surface area (Å²) in [6.07, 6.45) is 3.64. The predicted molar refractivity (Wildman–Crippen MR) is 85.9 cm³/mol. The minimum absolute atomic E-state index is 0.0349. The molecule has 120 valence electrons. The van der Waals surface area contributed by atoms with E-state index in [1.54, 1.807) is 0 Å². The van der Waals surface area contributed by atoms with Crippen molar-refractivity contribution in [3.05, 3.63) is 28.8 Å². The second kappa shape index (κ2) is 6.55. The van der Waals surface area contributed by atoms with Gasteiger partial charge in [-0.1, -0.05) is 37.4 Å². The Morgan fingerprint density at radius 1 is 1.50 bits per heavy atom. The highest BCUT2D eigenvalue weighted by molar-refractivity contribution is 7.89. The minimum Gasteiger partial charge on any atom is -0.329 e. The van der Waals surface area contributed by atoms with Crippen LogP contribution in [0.4, 0.5) is 0 Å². The molecule has 2 atom stereocenters. The maximum Gasteiger partial charge on any atom is 0.242 e. The van der Waals surface area contributed by atoms with E-state index in [1.807, 2.05) is 13.0 Å². The van der Waals surface area contributed by atoms with Gasteiger partial charge in [-0.2, -0.15) is 5.26 Å². The van der Waals surface area contributed by atoms with Gasteiger partial charge in [0.05, 0.1) is 10.6 Å². The molecule has 1 fully saturated rings.